The van der Waals surface area contributed by atoms with E-state index in [0.29, 0.717) is 11.4 Å². The van der Waals surface area contributed by atoms with Crippen molar-refractivity contribution in [3.05, 3.63) is 34.9 Å². The molecule has 2 N–H and O–H groups in total. The van der Waals surface area contributed by atoms with Gasteiger partial charge in [-0.05, 0) is 44.7 Å². The molecule has 2 fully saturated rings. The molecule has 4 nitrogen and oxygen atoms in total. The average Bonchev–Trinajstić information content (AvgIpc) is 2.97. The van der Waals surface area contributed by atoms with Crippen LogP contribution in [0.3, 0.4) is 0 Å². The van der Waals surface area contributed by atoms with Crippen LogP contribution in [0.25, 0.3) is 0 Å². The van der Waals surface area contributed by atoms with Gasteiger partial charge in [-0.25, -0.2) is 0 Å². The smallest absolute Gasteiger partial charge is 0.240 e. The topological polar surface area (TPSA) is 70.1 Å². The zero-order chi connectivity index (χ0) is 16.1. The van der Waals surface area contributed by atoms with Crippen molar-refractivity contribution in [1.29, 1.82) is 5.26 Å². The van der Waals surface area contributed by atoms with Crippen molar-refractivity contribution >= 4 is 29.9 Å². The highest BCUT2D eigenvalue weighted by molar-refractivity contribution is 6.31. The molecule has 3 atom stereocenters. The number of fused-ring (bicyclic) bond motifs is 1. The first-order valence-electron chi connectivity index (χ1n) is 7.58. The Labute approximate surface area is 148 Å². The summed E-state index contributed by atoms with van der Waals surface area (Å²) in [4.78, 5) is 14.6. The fraction of sp³-hybridized carbons (Fsp3) is 0.529. The summed E-state index contributed by atoms with van der Waals surface area (Å²) in [6.45, 7) is 3.77. The Morgan fingerprint density at radius 1 is 1.43 bits per heavy atom. The highest BCUT2D eigenvalue weighted by atomic mass is 35.5. The summed E-state index contributed by atoms with van der Waals surface area (Å²) in [5.41, 5.74) is 5.95. The van der Waals surface area contributed by atoms with Crippen molar-refractivity contribution in [1.82, 2.24) is 4.90 Å². The third-order valence-corrected chi connectivity index (χ3v) is 5.54. The number of amides is 1. The fourth-order valence-electron chi connectivity index (χ4n) is 4.09. The summed E-state index contributed by atoms with van der Waals surface area (Å²) >= 11 is 6.41. The minimum Gasteiger partial charge on any atom is -0.327 e. The monoisotopic (exact) mass is 353 g/mol. The van der Waals surface area contributed by atoms with E-state index < -0.39 is 17.0 Å². The molecule has 1 aromatic carbocycles. The van der Waals surface area contributed by atoms with Gasteiger partial charge in [0.1, 0.15) is 0 Å². The van der Waals surface area contributed by atoms with Crippen LogP contribution in [0.15, 0.2) is 24.3 Å². The largest absolute Gasteiger partial charge is 0.327 e. The number of halogens is 2. The molecule has 124 valence electrons. The third-order valence-electron chi connectivity index (χ3n) is 5.21. The van der Waals surface area contributed by atoms with Gasteiger partial charge in [-0.2, -0.15) is 5.26 Å². The van der Waals surface area contributed by atoms with E-state index in [1.54, 1.807) is 0 Å². The summed E-state index contributed by atoms with van der Waals surface area (Å²) in [5.74, 6) is -0.0641. The molecule has 1 amide bonds. The Kier molecular flexibility index (Phi) is 4.69. The summed E-state index contributed by atoms with van der Waals surface area (Å²) in [7, 11) is 0. The molecule has 23 heavy (non-hydrogen) atoms. The molecular formula is C17H21Cl2N3O. The van der Waals surface area contributed by atoms with Crippen LogP contribution in [-0.4, -0.2) is 22.9 Å². The lowest BCUT2D eigenvalue weighted by molar-refractivity contribution is -0.134. The van der Waals surface area contributed by atoms with Crippen LogP contribution in [0.1, 0.15) is 38.7 Å². The Hall–Kier alpha value is -1.28. The van der Waals surface area contributed by atoms with E-state index in [1.807, 2.05) is 43.0 Å². The minimum atomic E-state index is -0.608. The van der Waals surface area contributed by atoms with E-state index in [2.05, 4.69) is 6.07 Å². The predicted octanol–water partition coefficient (Wildman–Crippen LogP) is 3.23. The van der Waals surface area contributed by atoms with Crippen molar-refractivity contribution in [2.24, 2.45) is 11.1 Å². The molecule has 2 saturated heterocycles. The molecular weight excluding hydrogens is 333 g/mol. The summed E-state index contributed by atoms with van der Waals surface area (Å²) in [6.07, 6.45) is 2.16. The van der Waals surface area contributed by atoms with Crippen molar-refractivity contribution in [3.8, 4) is 6.07 Å². The maximum absolute atomic E-state index is 12.7. The van der Waals surface area contributed by atoms with Crippen LogP contribution in [0.4, 0.5) is 0 Å². The van der Waals surface area contributed by atoms with Gasteiger partial charge in [-0.3, -0.25) is 4.79 Å². The fourth-order valence-corrected chi connectivity index (χ4v) is 4.40. The summed E-state index contributed by atoms with van der Waals surface area (Å²) < 4.78 is 0. The van der Waals surface area contributed by atoms with Crippen molar-refractivity contribution < 1.29 is 4.79 Å². The molecule has 0 aromatic heterocycles. The molecule has 6 heteroatoms. The van der Waals surface area contributed by atoms with Crippen molar-refractivity contribution in [3.63, 3.8) is 0 Å². The van der Waals surface area contributed by atoms with Gasteiger partial charge >= 0.3 is 0 Å². The number of carbonyl (C=O) groups is 1. The van der Waals surface area contributed by atoms with Gasteiger partial charge in [-0.15, -0.1) is 12.4 Å². The van der Waals surface area contributed by atoms with E-state index in [1.165, 1.54) is 0 Å². The molecule has 2 heterocycles. The van der Waals surface area contributed by atoms with Crippen LogP contribution >= 0.6 is 24.0 Å². The molecule has 2 aliphatic heterocycles. The lowest BCUT2D eigenvalue weighted by atomic mass is 9.83. The molecule has 3 rings (SSSR count). The number of nitrogens with zero attached hydrogens (tertiary/aromatic N) is 2. The highest BCUT2D eigenvalue weighted by Gasteiger charge is 2.60. The SMILES string of the molecule is CC(C)(C#N)[C@H]1CC[C@]2(c3ccccc3Cl)C[C@H](N)C(=O)N12.Cl. The highest BCUT2D eigenvalue weighted by Crippen LogP contribution is 2.54. The number of hydrogen-bond acceptors (Lipinski definition) is 3. The molecule has 1 aromatic rings. The predicted molar refractivity (Wildman–Crippen MR) is 92.2 cm³/mol. The van der Waals surface area contributed by atoms with E-state index in [4.69, 9.17) is 17.3 Å². The standard InChI is InChI=1S/C17H20ClN3O.ClH/c1-16(2,10-19)14-7-8-17(9-13(20)15(22)21(14)17)11-5-3-4-6-12(11)18;/h3-6,13-14H,7-9,20H2,1-2H3;1H/t13-,14+,17+;/m0./s1. The number of nitriles is 1. The molecule has 0 aliphatic carbocycles. The number of rotatable bonds is 2. The van der Waals surface area contributed by atoms with Gasteiger partial charge < -0.3 is 10.6 Å². The number of carbonyl (C=O) groups excluding carboxylic acids is 1. The molecule has 0 unspecified atom stereocenters. The van der Waals surface area contributed by atoms with Crippen molar-refractivity contribution in [2.75, 3.05) is 0 Å². The number of nitrogens with two attached hydrogens (primary N) is 1. The maximum Gasteiger partial charge on any atom is 0.240 e. The Morgan fingerprint density at radius 3 is 2.70 bits per heavy atom. The first kappa shape index (κ1) is 18.1. The molecule has 2 aliphatic rings. The molecule has 0 radical (unpaired) electrons. The van der Waals surface area contributed by atoms with E-state index in [-0.39, 0.29) is 24.4 Å². The average molecular weight is 354 g/mol. The molecule has 0 spiro atoms. The first-order chi connectivity index (χ1) is 10.3. The molecule has 0 saturated carbocycles. The zero-order valence-corrected chi connectivity index (χ0v) is 14.8. The zero-order valence-electron chi connectivity index (χ0n) is 13.3. The second-order valence-corrected chi connectivity index (χ2v) is 7.33. The Morgan fingerprint density at radius 2 is 2.09 bits per heavy atom. The van der Waals surface area contributed by atoms with E-state index >= 15 is 0 Å². The second kappa shape index (κ2) is 5.98. The Bertz CT molecular complexity index is 670. The van der Waals surface area contributed by atoms with Gasteiger partial charge in [0, 0.05) is 5.02 Å². The van der Waals surface area contributed by atoms with Crippen LogP contribution < -0.4 is 5.73 Å². The second-order valence-electron chi connectivity index (χ2n) is 6.92. The quantitative estimate of drug-likeness (QED) is 0.886. The van der Waals surface area contributed by atoms with Gasteiger partial charge in [0.15, 0.2) is 0 Å². The van der Waals surface area contributed by atoms with Crippen LogP contribution in [0.2, 0.25) is 5.02 Å². The Balaban J connectivity index is 0.00000192. The van der Waals surface area contributed by atoms with Gasteiger partial charge in [-0.1, -0.05) is 29.8 Å². The third kappa shape index (κ3) is 2.52. The normalized spacial score (nSPS) is 29.9. The van der Waals surface area contributed by atoms with Crippen LogP contribution in [0, 0.1) is 16.7 Å². The van der Waals surface area contributed by atoms with Gasteiger partial charge in [0.2, 0.25) is 5.91 Å². The summed E-state index contributed by atoms with van der Waals surface area (Å²) in [5, 5.41) is 10.1. The van der Waals surface area contributed by atoms with E-state index in [0.717, 1.165) is 18.4 Å². The maximum atomic E-state index is 12.7. The van der Waals surface area contributed by atoms with Crippen LogP contribution in [0.5, 0.6) is 0 Å². The number of benzene rings is 1. The number of hydrogen-bond donors (Lipinski definition) is 1. The lowest BCUT2D eigenvalue weighted by Crippen LogP contribution is -2.49. The first-order valence-corrected chi connectivity index (χ1v) is 7.96. The molecule has 0 bridgehead atoms. The lowest BCUT2D eigenvalue weighted by Gasteiger charge is -2.39. The van der Waals surface area contributed by atoms with Crippen LogP contribution in [-0.2, 0) is 10.3 Å². The summed E-state index contributed by atoms with van der Waals surface area (Å²) in [6, 6.07) is 9.34. The van der Waals surface area contributed by atoms with E-state index in [9.17, 15) is 10.1 Å². The van der Waals surface area contributed by atoms with Gasteiger partial charge in [0.25, 0.3) is 0 Å². The minimum absolute atomic E-state index is 0. The van der Waals surface area contributed by atoms with Gasteiger partial charge in [0.05, 0.1) is 29.1 Å². The van der Waals surface area contributed by atoms with Crippen molar-refractivity contribution in [2.45, 2.75) is 50.7 Å².